The Morgan fingerprint density at radius 3 is 1.89 bits per heavy atom. The summed E-state index contributed by atoms with van der Waals surface area (Å²) in [5.74, 6) is -4.60. The smallest absolute Gasteiger partial charge is 0.243 e. The predicted octanol–water partition coefficient (Wildman–Crippen LogP) is -0.632. The minimum Gasteiger partial charge on any atom is -0.508 e. The van der Waals surface area contributed by atoms with Crippen LogP contribution >= 0.6 is 0 Å². The van der Waals surface area contributed by atoms with Crippen molar-refractivity contribution in [3.63, 3.8) is 0 Å². The van der Waals surface area contributed by atoms with Gasteiger partial charge in [-0.15, -0.1) is 0 Å². The van der Waals surface area contributed by atoms with E-state index in [2.05, 4.69) is 31.9 Å². The van der Waals surface area contributed by atoms with Crippen LogP contribution in [0.5, 0.6) is 5.75 Å². The van der Waals surface area contributed by atoms with E-state index in [0.717, 1.165) is 0 Å². The van der Waals surface area contributed by atoms with Crippen LogP contribution in [-0.2, 0) is 52.8 Å². The lowest BCUT2D eigenvalue weighted by atomic mass is 10.0. The molecular weight excluding hydrogens is 720 g/mol. The first kappa shape index (κ1) is 42.5. The highest BCUT2D eigenvalue weighted by Gasteiger charge is 2.33. The molecule has 4 rings (SSSR count). The van der Waals surface area contributed by atoms with Gasteiger partial charge in [-0.1, -0.05) is 72.8 Å². The van der Waals surface area contributed by atoms with Crippen molar-refractivity contribution >= 4 is 41.4 Å². The van der Waals surface area contributed by atoms with Gasteiger partial charge in [0.15, 0.2) is 0 Å². The maximum atomic E-state index is 14.2. The third-order valence-electron chi connectivity index (χ3n) is 9.16. The van der Waals surface area contributed by atoms with Crippen LogP contribution in [0.3, 0.4) is 0 Å². The van der Waals surface area contributed by atoms with Gasteiger partial charge in [0, 0.05) is 25.8 Å². The standard InChI is InChI=1S/C40H50N8O8/c41-29(21-27-14-16-28(49)17-15-27)36(52)45-31-18-19-35(51)43-20-8-7-13-30(37(53)44-24-34(42)50)46-39(55)32(22-25-9-3-1-4-10-25)48-40(56)33(47-38(31)54)23-26-11-5-2-6-12-26/h1-6,9-12,14-17,29-33,49H,7-8,13,18-24,41H2,(H2,42,50)(H,43,51)(H,44,53)(H,45,52)(H,46,55)(H,47,54)(H,48,56)/t29-,30-,31+,32-,33-/m0/s1. The monoisotopic (exact) mass is 770 g/mol. The van der Waals surface area contributed by atoms with E-state index < -0.39 is 78.1 Å². The number of hydrogen-bond donors (Lipinski definition) is 9. The molecule has 1 saturated heterocycles. The first-order valence-corrected chi connectivity index (χ1v) is 18.5. The van der Waals surface area contributed by atoms with E-state index in [-0.39, 0.29) is 50.8 Å². The first-order valence-electron chi connectivity index (χ1n) is 18.5. The second-order valence-electron chi connectivity index (χ2n) is 13.7. The maximum absolute atomic E-state index is 14.2. The summed E-state index contributed by atoms with van der Waals surface area (Å²) in [6, 6.07) is 18.0. The van der Waals surface area contributed by atoms with Crippen molar-refractivity contribution in [2.24, 2.45) is 11.5 Å². The van der Waals surface area contributed by atoms with Crippen LogP contribution in [0.1, 0.15) is 48.8 Å². The fraction of sp³-hybridized carbons (Fsp3) is 0.375. The number of primary amides is 1. The first-order chi connectivity index (χ1) is 26.9. The molecular formula is C40H50N8O8. The molecule has 3 aromatic carbocycles. The fourth-order valence-electron chi connectivity index (χ4n) is 6.09. The van der Waals surface area contributed by atoms with Gasteiger partial charge in [-0.3, -0.25) is 33.6 Å². The number of carbonyl (C=O) groups excluding carboxylic acids is 7. The number of carbonyl (C=O) groups is 7. The minimum atomic E-state index is -1.27. The summed E-state index contributed by atoms with van der Waals surface area (Å²) >= 11 is 0. The van der Waals surface area contributed by atoms with Gasteiger partial charge in [-0.25, -0.2) is 0 Å². The quantitative estimate of drug-likeness (QED) is 0.120. The van der Waals surface area contributed by atoms with E-state index in [0.29, 0.717) is 29.5 Å². The number of phenols is 1. The van der Waals surface area contributed by atoms with Crippen molar-refractivity contribution in [2.45, 2.75) is 81.6 Å². The molecule has 1 fully saturated rings. The summed E-state index contributed by atoms with van der Waals surface area (Å²) in [6.45, 7) is -0.229. The van der Waals surface area contributed by atoms with Crippen LogP contribution in [0, 0.1) is 0 Å². The molecule has 0 aliphatic carbocycles. The second-order valence-corrected chi connectivity index (χ2v) is 13.7. The van der Waals surface area contributed by atoms with E-state index >= 15 is 0 Å². The van der Waals surface area contributed by atoms with Gasteiger partial charge in [-0.05, 0) is 60.9 Å². The maximum Gasteiger partial charge on any atom is 0.243 e. The number of rotatable bonds is 11. The number of nitrogens with one attached hydrogen (secondary N) is 6. The van der Waals surface area contributed by atoms with Gasteiger partial charge in [-0.2, -0.15) is 0 Å². The molecule has 0 spiro atoms. The Morgan fingerprint density at radius 2 is 1.30 bits per heavy atom. The van der Waals surface area contributed by atoms with Crippen LogP contribution in [0.2, 0.25) is 0 Å². The van der Waals surface area contributed by atoms with Crippen molar-refractivity contribution in [3.05, 3.63) is 102 Å². The molecule has 7 amide bonds. The number of phenolic OH excluding ortho intramolecular Hbond substituents is 1. The topological polar surface area (TPSA) is 264 Å². The van der Waals surface area contributed by atoms with Gasteiger partial charge in [0.1, 0.15) is 29.9 Å². The van der Waals surface area contributed by atoms with E-state index in [1.54, 1.807) is 72.8 Å². The Morgan fingerprint density at radius 1 is 0.732 bits per heavy atom. The highest BCUT2D eigenvalue weighted by atomic mass is 16.3. The zero-order valence-electron chi connectivity index (χ0n) is 31.0. The third-order valence-corrected chi connectivity index (χ3v) is 9.16. The molecule has 11 N–H and O–H groups in total. The Hall–Kier alpha value is -6.29. The molecule has 5 atom stereocenters. The molecule has 3 aromatic rings. The summed E-state index contributed by atoms with van der Waals surface area (Å²) in [6.07, 6.45) is 0.775. The summed E-state index contributed by atoms with van der Waals surface area (Å²) in [5, 5.41) is 25.7. The van der Waals surface area contributed by atoms with Crippen LogP contribution < -0.4 is 43.4 Å². The van der Waals surface area contributed by atoms with E-state index in [9.17, 15) is 38.7 Å². The van der Waals surface area contributed by atoms with Crippen LogP contribution in [0.25, 0.3) is 0 Å². The highest BCUT2D eigenvalue weighted by Crippen LogP contribution is 2.13. The van der Waals surface area contributed by atoms with E-state index in [1.807, 2.05) is 0 Å². The van der Waals surface area contributed by atoms with Crippen molar-refractivity contribution < 1.29 is 38.7 Å². The molecule has 1 aliphatic heterocycles. The van der Waals surface area contributed by atoms with Crippen LogP contribution in [0.15, 0.2) is 84.9 Å². The largest absolute Gasteiger partial charge is 0.508 e. The summed E-state index contributed by atoms with van der Waals surface area (Å²) in [4.78, 5) is 92.9. The van der Waals surface area contributed by atoms with Crippen molar-refractivity contribution in [2.75, 3.05) is 13.1 Å². The molecule has 0 bridgehead atoms. The summed E-state index contributed by atoms with van der Waals surface area (Å²) in [7, 11) is 0. The Bertz CT molecular complexity index is 1810. The SMILES string of the molecule is NC(=O)CNC(=O)[C@@H]1CCCCNC(=O)CC[C@@H](NC(=O)[C@@H](N)Cc2ccc(O)cc2)C(=O)N[C@@H](Cc2ccccc2)C(=O)N[C@@H](Cc2ccccc2)C(=O)N1. The van der Waals surface area contributed by atoms with E-state index in [1.165, 1.54) is 12.1 Å². The van der Waals surface area contributed by atoms with Crippen LogP contribution in [0.4, 0.5) is 0 Å². The molecule has 1 aliphatic rings. The summed E-state index contributed by atoms with van der Waals surface area (Å²) < 4.78 is 0. The summed E-state index contributed by atoms with van der Waals surface area (Å²) in [5.41, 5.74) is 13.5. The van der Waals surface area contributed by atoms with Gasteiger partial charge in [0.05, 0.1) is 12.6 Å². The van der Waals surface area contributed by atoms with Gasteiger partial charge < -0.3 is 48.5 Å². The zero-order valence-corrected chi connectivity index (χ0v) is 31.0. The predicted molar refractivity (Wildman–Crippen MR) is 206 cm³/mol. The van der Waals surface area contributed by atoms with Crippen molar-refractivity contribution in [1.82, 2.24) is 31.9 Å². The number of amides is 7. The molecule has 56 heavy (non-hydrogen) atoms. The van der Waals surface area contributed by atoms with Crippen molar-refractivity contribution in [1.29, 1.82) is 0 Å². The van der Waals surface area contributed by atoms with Gasteiger partial charge in [0.2, 0.25) is 41.4 Å². The second kappa shape index (κ2) is 21.6. The highest BCUT2D eigenvalue weighted by molar-refractivity contribution is 5.96. The third kappa shape index (κ3) is 14.2. The number of nitrogens with two attached hydrogens (primary N) is 2. The van der Waals surface area contributed by atoms with E-state index in [4.69, 9.17) is 11.5 Å². The molecule has 0 unspecified atom stereocenters. The molecule has 298 valence electrons. The molecule has 0 aromatic heterocycles. The lowest BCUT2D eigenvalue weighted by Crippen LogP contribution is -2.60. The molecule has 0 radical (unpaired) electrons. The Kier molecular flexibility index (Phi) is 16.3. The molecule has 0 saturated carbocycles. The minimum absolute atomic E-state index is 0.00223. The van der Waals surface area contributed by atoms with Gasteiger partial charge >= 0.3 is 0 Å². The normalized spacial score (nSPS) is 20.7. The lowest BCUT2D eigenvalue weighted by Gasteiger charge is -2.27. The fourth-order valence-corrected chi connectivity index (χ4v) is 6.09. The van der Waals surface area contributed by atoms with Crippen LogP contribution in [-0.4, -0.2) is 89.8 Å². The number of aromatic hydroxyl groups is 1. The average Bonchev–Trinajstić information content (AvgIpc) is 3.18. The molecule has 1 heterocycles. The molecule has 16 heteroatoms. The lowest BCUT2D eigenvalue weighted by molar-refractivity contribution is -0.135. The number of hydrogen-bond acceptors (Lipinski definition) is 9. The molecule has 16 nitrogen and oxygen atoms in total. The number of benzene rings is 3. The Balaban J connectivity index is 1.64. The Labute approximate surface area is 324 Å². The zero-order chi connectivity index (χ0) is 40.5. The van der Waals surface area contributed by atoms with Crippen molar-refractivity contribution in [3.8, 4) is 5.75 Å². The van der Waals surface area contributed by atoms with Gasteiger partial charge in [0.25, 0.3) is 0 Å². The average molecular weight is 771 g/mol.